The van der Waals surface area contributed by atoms with Crippen molar-refractivity contribution >= 4 is 11.6 Å². The molecule has 1 aliphatic rings. The predicted molar refractivity (Wildman–Crippen MR) is 61.4 cm³/mol. The van der Waals surface area contributed by atoms with Gasteiger partial charge in [0.2, 0.25) is 0 Å². The molecule has 0 radical (unpaired) electrons. The quantitative estimate of drug-likeness (QED) is 0.823. The minimum atomic E-state index is -0.471. The summed E-state index contributed by atoms with van der Waals surface area (Å²) in [6.07, 6.45) is 5.67. The average molecular weight is 235 g/mol. The first-order valence-corrected chi connectivity index (χ1v) is 5.57. The van der Waals surface area contributed by atoms with Crippen molar-refractivity contribution in [3.05, 3.63) is 53.1 Å². The smallest absolute Gasteiger partial charge is 0.100 e. The molecule has 0 amide bonds. The molecule has 0 bridgehead atoms. The molecule has 3 nitrogen and oxygen atoms in total. The number of aliphatic hydroxyl groups excluding tert-OH is 1. The normalized spacial score (nSPS) is 23.4. The number of aromatic nitrogens is 2. The van der Waals surface area contributed by atoms with E-state index < -0.39 is 6.10 Å². The molecule has 0 saturated heterocycles. The molecule has 1 aliphatic carbocycles. The number of imidazole rings is 1. The molecule has 2 aromatic rings. The van der Waals surface area contributed by atoms with Crippen molar-refractivity contribution in [3.63, 3.8) is 0 Å². The summed E-state index contributed by atoms with van der Waals surface area (Å²) in [5, 5.41) is 10.9. The molecular formula is C12H11ClN2O. The van der Waals surface area contributed by atoms with Gasteiger partial charge in [0.1, 0.15) is 6.10 Å². The number of hydrogen-bond donors (Lipinski definition) is 1. The standard InChI is InChI=1S/C12H11ClN2O/c13-9-1-2-10-8(5-9)6-11(12(10)16)15-4-3-14-7-15/h1-5,7,11-12,16H,6H2/t11-,12?/m0/s1. The van der Waals surface area contributed by atoms with E-state index in [0.717, 1.165) is 22.6 Å². The van der Waals surface area contributed by atoms with Crippen molar-refractivity contribution in [1.82, 2.24) is 9.55 Å². The van der Waals surface area contributed by atoms with Gasteiger partial charge in [-0.2, -0.15) is 0 Å². The van der Waals surface area contributed by atoms with Crippen LogP contribution >= 0.6 is 11.6 Å². The Hall–Kier alpha value is -1.32. The summed E-state index contributed by atoms with van der Waals surface area (Å²) >= 11 is 5.94. The molecule has 0 saturated carbocycles. The van der Waals surface area contributed by atoms with Crippen LogP contribution in [-0.2, 0) is 6.42 Å². The van der Waals surface area contributed by atoms with Gasteiger partial charge in [0.25, 0.3) is 0 Å². The fraction of sp³-hybridized carbons (Fsp3) is 0.250. The second kappa shape index (κ2) is 3.61. The number of benzene rings is 1. The molecule has 3 rings (SSSR count). The van der Waals surface area contributed by atoms with Crippen LogP contribution in [0.1, 0.15) is 23.3 Å². The van der Waals surface area contributed by atoms with Crippen LogP contribution < -0.4 is 0 Å². The van der Waals surface area contributed by atoms with Crippen LogP contribution in [0.25, 0.3) is 0 Å². The lowest BCUT2D eigenvalue weighted by atomic mass is 10.1. The highest BCUT2D eigenvalue weighted by Gasteiger charge is 2.31. The maximum absolute atomic E-state index is 10.2. The highest BCUT2D eigenvalue weighted by atomic mass is 35.5. The van der Waals surface area contributed by atoms with E-state index in [-0.39, 0.29) is 6.04 Å². The van der Waals surface area contributed by atoms with Crippen LogP contribution in [0.15, 0.2) is 36.9 Å². The number of rotatable bonds is 1. The lowest BCUT2D eigenvalue weighted by Gasteiger charge is -2.16. The van der Waals surface area contributed by atoms with E-state index in [1.54, 1.807) is 12.5 Å². The zero-order chi connectivity index (χ0) is 11.1. The van der Waals surface area contributed by atoms with E-state index >= 15 is 0 Å². The molecule has 4 heteroatoms. The predicted octanol–water partition coefficient (Wildman–Crippen LogP) is 2.37. The molecular weight excluding hydrogens is 224 g/mol. The number of fused-ring (bicyclic) bond motifs is 1. The summed E-state index contributed by atoms with van der Waals surface area (Å²) in [6.45, 7) is 0. The highest BCUT2D eigenvalue weighted by molar-refractivity contribution is 6.30. The Morgan fingerprint density at radius 2 is 2.31 bits per heavy atom. The summed E-state index contributed by atoms with van der Waals surface area (Å²) in [6, 6.07) is 5.69. The zero-order valence-corrected chi connectivity index (χ0v) is 9.30. The van der Waals surface area contributed by atoms with E-state index in [9.17, 15) is 5.11 Å². The molecule has 16 heavy (non-hydrogen) atoms. The number of halogens is 1. The van der Waals surface area contributed by atoms with E-state index in [2.05, 4.69) is 4.98 Å². The van der Waals surface area contributed by atoms with Gasteiger partial charge >= 0.3 is 0 Å². The number of aliphatic hydroxyl groups is 1. The first-order chi connectivity index (χ1) is 7.75. The molecule has 2 atom stereocenters. The van der Waals surface area contributed by atoms with E-state index in [4.69, 9.17) is 11.6 Å². The summed E-state index contributed by atoms with van der Waals surface area (Å²) in [7, 11) is 0. The third kappa shape index (κ3) is 1.44. The van der Waals surface area contributed by atoms with E-state index in [1.165, 1.54) is 0 Å². The monoisotopic (exact) mass is 234 g/mol. The van der Waals surface area contributed by atoms with Gasteiger partial charge in [-0.05, 0) is 29.7 Å². The first-order valence-electron chi connectivity index (χ1n) is 5.19. The van der Waals surface area contributed by atoms with Gasteiger partial charge in [0.05, 0.1) is 12.4 Å². The van der Waals surface area contributed by atoms with Crippen LogP contribution in [0.5, 0.6) is 0 Å². The Labute approximate surface area is 98.3 Å². The van der Waals surface area contributed by atoms with Gasteiger partial charge in [-0.1, -0.05) is 17.7 Å². The molecule has 0 aliphatic heterocycles. The van der Waals surface area contributed by atoms with Crippen molar-refractivity contribution in [1.29, 1.82) is 0 Å². The lowest BCUT2D eigenvalue weighted by molar-refractivity contribution is 0.127. The molecule has 0 spiro atoms. The summed E-state index contributed by atoms with van der Waals surface area (Å²) in [4.78, 5) is 4.01. The summed E-state index contributed by atoms with van der Waals surface area (Å²) in [5.74, 6) is 0. The fourth-order valence-corrected chi connectivity index (χ4v) is 2.51. The maximum atomic E-state index is 10.2. The van der Waals surface area contributed by atoms with Gasteiger partial charge in [-0.25, -0.2) is 4.98 Å². The SMILES string of the molecule is OC1c2ccc(Cl)cc2C[C@@H]1n1ccnc1. The Kier molecular flexibility index (Phi) is 2.23. The van der Waals surface area contributed by atoms with Gasteiger partial charge in [-0.15, -0.1) is 0 Å². The van der Waals surface area contributed by atoms with Gasteiger partial charge in [0.15, 0.2) is 0 Å². The second-order valence-electron chi connectivity index (χ2n) is 4.07. The molecule has 1 unspecified atom stereocenters. The largest absolute Gasteiger partial charge is 0.386 e. The van der Waals surface area contributed by atoms with Crippen molar-refractivity contribution in [2.45, 2.75) is 18.6 Å². The molecule has 0 fully saturated rings. The van der Waals surface area contributed by atoms with Crippen molar-refractivity contribution < 1.29 is 5.11 Å². The Morgan fingerprint density at radius 1 is 1.44 bits per heavy atom. The van der Waals surface area contributed by atoms with E-state index in [0.29, 0.717) is 0 Å². The molecule has 82 valence electrons. The van der Waals surface area contributed by atoms with Crippen molar-refractivity contribution in [2.24, 2.45) is 0 Å². The van der Waals surface area contributed by atoms with Crippen LogP contribution in [-0.4, -0.2) is 14.7 Å². The third-order valence-electron chi connectivity index (χ3n) is 3.12. The van der Waals surface area contributed by atoms with Crippen LogP contribution in [0.2, 0.25) is 5.02 Å². The minimum absolute atomic E-state index is 0.0379. The highest BCUT2D eigenvalue weighted by Crippen LogP contribution is 2.39. The maximum Gasteiger partial charge on any atom is 0.100 e. The Morgan fingerprint density at radius 3 is 3.06 bits per heavy atom. The number of nitrogens with zero attached hydrogens (tertiary/aromatic N) is 2. The first kappa shape index (κ1) is 9.87. The fourth-order valence-electron chi connectivity index (χ4n) is 2.32. The lowest BCUT2D eigenvalue weighted by Crippen LogP contribution is -2.12. The van der Waals surface area contributed by atoms with Gasteiger partial charge in [-0.3, -0.25) is 0 Å². The Balaban J connectivity index is 2.00. The van der Waals surface area contributed by atoms with Crippen molar-refractivity contribution in [2.75, 3.05) is 0 Å². The van der Waals surface area contributed by atoms with Crippen LogP contribution in [0.4, 0.5) is 0 Å². The summed E-state index contributed by atoms with van der Waals surface area (Å²) in [5.41, 5.74) is 2.10. The topological polar surface area (TPSA) is 38.0 Å². The van der Waals surface area contributed by atoms with E-state index in [1.807, 2.05) is 29.0 Å². The third-order valence-corrected chi connectivity index (χ3v) is 3.36. The molecule has 1 N–H and O–H groups in total. The second-order valence-corrected chi connectivity index (χ2v) is 4.51. The molecule has 1 aromatic heterocycles. The molecule has 1 aromatic carbocycles. The van der Waals surface area contributed by atoms with Crippen molar-refractivity contribution in [3.8, 4) is 0 Å². The zero-order valence-electron chi connectivity index (χ0n) is 8.55. The summed E-state index contributed by atoms with van der Waals surface area (Å²) < 4.78 is 1.94. The average Bonchev–Trinajstić information content (AvgIpc) is 2.86. The van der Waals surface area contributed by atoms with Crippen LogP contribution in [0.3, 0.4) is 0 Å². The van der Waals surface area contributed by atoms with Gasteiger partial charge in [0, 0.05) is 17.4 Å². The van der Waals surface area contributed by atoms with Crippen LogP contribution in [0, 0.1) is 0 Å². The number of hydrogen-bond acceptors (Lipinski definition) is 2. The van der Waals surface area contributed by atoms with Gasteiger partial charge < -0.3 is 9.67 Å². The Bertz CT molecular complexity index is 510. The minimum Gasteiger partial charge on any atom is -0.386 e. The molecule has 1 heterocycles.